The van der Waals surface area contributed by atoms with E-state index in [1.807, 2.05) is 16.0 Å². The van der Waals surface area contributed by atoms with Crippen LogP contribution >= 0.6 is 11.3 Å². The Hall–Kier alpha value is -1.42. The normalized spacial score (nSPS) is 11.3. The van der Waals surface area contributed by atoms with Gasteiger partial charge in [0.25, 0.3) is 0 Å². The second-order valence-corrected chi connectivity index (χ2v) is 3.44. The van der Waals surface area contributed by atoms with Crippen LogP contribution in [0.3, 0.4) is 0 Å². The molecule has 0 aromatic carbocycles. The van der Waals surface area contributed by atoms with Gasteiger partial charge in [-0.15, -0.1) is 11.3 Å². The minimum Gasteiger partial charge on any atom is -0.290 e. The van der Waals surface area contributed by atoms with Crippen molar-refractivity contribution in [2.45, 2.75) is 0 Å². The number of hydrogen-bond acceptors (Lipinski definition) is 3. The highest BCUT2D eigenvalue weighted by molar-refractivity contribution is 7.16. The highest BCUT2D eigenvalue weighted by Gasteiger charge is 2.01. The standard InChI is InChI=1S/C8H5N3S/c1-4-12-8-6(1)7-9-2-3-11(7)5-10-8/h1-5H. The molecule has 0 bridgehead atoms. The summed E-state index contributed by atoms with van der Waals surface area (Å²) < 4.78 is 1.93. The summed E-state index contributed by atoms with van der Waals surface area (Å²) in [5.41, 5.74) is 0.987. The number of rotatable bonds is 0. The van der Waals surface area contributed by atoms with E-state index in [1.165, 1.54) is 0 Å². The number of imidazole rings is 1. The van der Waals surface area contributed by atoms with E-state index < -0.39 is 0 Å². The van der Waals surface area contributed by atoms with E-state index in [9.17, 15) is 0 Å². The van der Waals surface area contributed by atoms with Crippen molar-refractivity contribution in [3.63, 3.8) is 0 Å². The van der Waals surface area contributed by atoms with Crippen molar-refractivity contribution in [2.75, 3.05) is 0 Å². The number of thiophene rings is 1. The molecule has 0 atom stereocenters. The van der Waals surface area contributed by atoms with Crippen molar-refractivity contribution in [1.29, 1.82) is 0 Å². The van der Waals surface area contributed by atoms with Gasteiger partial charge in [0.2, 0.25) is 0 Å². The van der Waals surface area contributed by atoms with Gasteiger partial charge in [-0.2, -0.15) is 0 Å². The van der Waals surface area contributed by atoms with Crippen molar-refractivity contribution >= 4 is 27.2 Å². The van der Waals surface area contributed by atoms with Crippen LogP contribution < -0.4 is 0 Å². The number of aromatic nitrogens is 3. The molecule has 3 heterocycles. The van der Waals surface area contributed by atoms with Crippen LogP contribution in [-0.2, 0) is 0 Å². The van der Waals surface area contributed by atoms with Gasteiger partial charge in [-0.3, -0.25) is 4.40 Å². The monoisotopic (exact) mass is 175 g/mol. The largest absolute Gasteiger partial charge is 0.290 e. The summed E-state index contributed by atoms with van der Waals surface area (Å²) in [4.78, 5) is 9.58. The molecule has 3 rings (SSSR count). The van der Waals surface area contributed by atoms with Gasteiger partial charge in [0.1, 0.15) is 16.8 Å². The SMILES string of the molecule is c1cn2cnc3sccc3c2n1. The highest BCUT2D eigenvalue weighted by atomic mass is 32.1. The second kappa shape index (κ2) is 2.04. The van der Waals surface area contributed by atoms with Crippen molar-refractivity contribution in [2.24, 2.45) is 0 Å². The first-order chi connectivity index (χ1) is 5.95. The maximum absolute atomic E-state index is 4.28. The molecule has 0 unspecified atom stereocenters. The molecule has 0 aliphatic heterocycles. The van der Waals surface area contributed by atoms with Crippen LogP contribution in [-0.4, -0.2) is 14.4 Å². The number of nitrogens with zero attached hydrogens (tertiary/aromatic N) is 3. The summed E-state index contributed by atoms with van der Waals surface area (Å²) >= 11 is 1.64. The lowest BCUT2D eigenvalue weighted by molar-refractivity contribution is 1.13. The fourth-order valence-corrected chi connectivity index (χ4v) is 2.03. The summed E-state index contributed by atoms with van der Waals surface area (Å²) in [6, 6.07) is 2.05. The molecule has 0 N–H and O–H groups in total. The van der Waals surface area contributed by atoms with Crippen molar-refractivity contribution in [1.82, 2.24) is 14.4 Å². The van der Waals surface area contributed by atoms with Crippen LogP contribution in [0.15, 0.2) is 30.2 Å². The highest BCUT2D eigenvalue weighted by Crippen LogP contribution is 2.20. The van der Waals surface area contributed by atoms with Gasteiger partial charge in [-0.05, 0) is 11.4 Å². The van der Waals surface area contributed by atoms with Gasteiger partial charge in [0.05, 0.1) is 5.39 Å². The molecular formula is C8H5N3S. The Bertz CT molecular complexity index is 487. The van der Waals surface area contributed by atoms with E-state index in [0.717, 1.165) is 15.9 Å². The van der Waals surface area contributed by atoms with Gasteiger partial charge >= 0.3 is 0 Å². The van der Waals surface area contributed by atoms with E-state index in [-0.39, 0.29) is 0 Å². The zero-order valence-corrected chi connectivity index (χ0v) is 6.95. The summed E-state index contributed by atoms with van der Waals surface area (Å²) in [7, 11) is 0. The third-order valence-electron chi connectivity index (χ3n) is 1.85. The maximum atomic E-state index is 4.28. The molecule has 58 valence electrons. The Morgan fingerprint density at radius 3 is 3.33 bits per heavy atom. The van der Waals surface area contributed by atoms with Crippen LogP contribution in [0.1, 0.15) is 0 Å². The van der Waals surface area contributed by atoms with E-state index in [0.29, 0.717) is 0 Å². The van der Waals surface area contributed by atoms with Crippen LogP contribution in [0.25, 0.3) is 15.9 Å². The summed E-state index contributed by atoms with van der Waals surface area (Å²) in [5, 5.41) is 3.17. The smallest absolute Gasteiger partial charge is 0.148 e. The van der Waals surface area contributed by atoms with Crippen molar-refractivity contribution in [3.8, 4) is 0 Å². The van der Waals surface area contributed by atoms with E-state index in [1.54, 1.807) is 23.9 Å². The minimum atomic E-state index is 0.987. The summed E-state index contributed by atoms with van der Waals surface area (Å²) in [6.07, 6.45) is 5.48. The van der Waals surface area contributed by atoms with Crippen molar-refractivity contribution < 1.29 is 0 Å². The van der Waals surface area contributed by atoms with Gasteiger partial charge in [0.15, 0.2) is 0 Å². The Kier molecular flexibility index (Phi) is 1.04. The molecule has 4 heteroatoms. The molecule has 0 fully saturated rings. The van der Waals surface area contributed by atoms with E-state index >= 15 is 0 Å². The quantitative estimate of drug-likeness (QED) is 0.522. The molecule has 0 amide bonds. The topological polar surface area (TPSA) is 30.2 Å². The average molecular weight is 175 g/mol. The minimum absolute atomic E-state index is 0.987. The first-order valence-corrected chi connectivity index (χ1v) is 4.48. The first kappa shape index (κ1) is 6.14. The van der Waals surface area contributed by atoms with Crippen LogP contribution in [0, 0.1) is 0 Å². The zero-order valence-electron chi connectivity index (χ0n) is 6.14. The van der Waals surface area contributed by atoms with Gasteiger partial charge in [-0.25, -0.2) is 9.97 Å². The molecule has 3 aromatic heterocycles. The fraction of sp³-hybridized carbons (Fsp3) is 0. The van der Waals surface area contributed by atoms with E-state index in [4.69, 9.17) is 0 Å². The second-order valence-electron chi connectivity index (χ2n) is 2.54. The predicted octanol–water partition coefficient (Wildman–Crippen LogP) is 1.94. The van der Waals surface area contributed by atoms with Crippen molar-refractivity contribution in [3.05, 3.63) is 30.2 Å². The lowest BCUT2D eigenvalue weighted by Gasteiger charge is -1.92. The van der Waals surface area contributed by atoms with Gasteiger partial charge in [-0.1, -0.05) is 0 Å². The molecule has 12 heavy (non-hydrogen) atoms. The van der Waals surface area contributed by atoms with Gasteiger partial charge < -0.3 is 0 Å². The summed E-state index contributed by atoms with van der Waals surface area (Å²) in [6.45, 7) is 0. The lowest BCUT2D eigenvalue weighted by Crippen LogP contribution is -1.84. The summed E-state index contributed by atoms with van der Waals surface area (Å²) in [5.74, 6) is 0. The average Bonchev–Trinajstić information content (AvgIpc) is 2.71. The fourth-order valence-electron chi connectivity index (χ4n) is 1.30. The lowest BCUT2D eigenvalue weighted by atomic mass is 10.4. The molecule has 0 aliphatic rings. The molecule has 3 aromatic rings. The molecule has 0 aliphatic carbocycles. The third kappa shape index (κ3) is 0.648. The number of fused-ring (bicyclic) bond motifs is 3. The first-order valence-electron chi connectivity index (χ1n) is 3.60. The third-order valence-corrected chi connectivity index (χ3v) is 2.67. The van der Waals surface area contributed by atoms with Crippen LogP contribution in [0.5, 0.6) is 0 Å². The van der Waals surface area contributed by atoms with Crippen LogP contribution in [0.2, 0.25) is 0 Å². The Balaban J connectivity index is 2.71. The molecule has 3 nitrogen and oxygen atoms in total. The Labute approximate surface area is 72.3 Å². The predicted molar refractivity (Wildman–Crippen MR) is 48.4 cm³/mol. The van der Waals surface area contributed by atoms with E-state index in [2.05, 4.69) is 16.0 Å². The maximum Gasteiger partial charge on any atom is 0.148 e. The molecule has 0 radical (unpaired) electrons. The van der Waals surface area contributed by atoms with Gasteiger partial charge in [0, 0.05) is 12.4 Å². The van der Waals surface area contributed by atoms with Crippen LogP contribution in [0.4, 0.5) is 0 Å². The molecule has 0 saturated carbocycles. The molecule has 0 saturated heterocycles. The zero-order chi connectivity index (χ0) is 7.97. The number of hydrogen-bond donors (Lipinski definition) is 0. The Morgan fingerprint density at radius 2 is 2.33 bits per heavy atom. The Morgan fingerprint density at radius 1 is 1.33 bits per heavy atom. The molecule has 0 spiro atoms. The molecular weight excluding hydrogens is 170 g/mol.